The summed E-state index contributed by atoms with van der Waals surface area (Å²) in [6, 6.07) is 3.00. The van der Waals surface area contributed by atoms with Crippen LogP contribution in [0.4, 0.5) is 10.5 Å². The van der Waals surface area contributed by atoms with Gasteiger partial charge in [0.15, 0.2) is 6.61 Å². The molecule has 1 spiro atoms. The molecule has 1 aliphatic carbocycles. The molecule has 0 bridgehead atoms. The Bertz CT molecular complexity index is 975. The first kappa shape index (κ1) is 26.0. The minimum absolute atomic E-state index is 0.179. The summed E-state index contributed by atoms with van der Waals surface area (Å²) in [5, 5.41) is 5.83. The van der Waals surface area contributed by atoms with Gasteiger partial charge in [0.05, 0.1) is 10.7 Å². The Hall–Kier alpha value is -2.61. The molecule has 2 fully saturated rings. The third kappa shape index (κ3) is 5.37. The largest absolute Gasteiger partial charge is 0.454 e. The number of carbonyl (C=O) groups is 4. The molecule has 186 valence electrons. The number of rotatable bonds is 7. The first-order valence-electron chi connectivity index (χ1n) is 11.7. The van der Waals surface area contributed by atoms with Gasteiger partial charge in [-0.1, -0.05) is 44.9 Å². The fourth-order valence-electron chi connectivity index (χ4n) is 4.91. The summed E-state index contributed by atoms with van der Waals surface area (Å²) < 4.78 is 5.02. The lowest BCUT2D eigenvalue weighted by Crippen LogP contribution is -2.51. The van der Waals surface area contributed by atoms with E-state index in [1.807, 2.05) is 19.9 Å². The monoisotopic (exact) mass is 491 g/mol. The van der Waals surface area contributed by atoms with Crippen LogP contribution >= 0.6 is 11.6 Å². The molecule has 1 saturated carbocycles. The Morgan fingerprint density at radius 2 is 1.88 bits per heavy atom. The highest BCUT2D eigenvalue weighted by Gasteiger charge is 2.53. The maximum atomic E-state index is 13.1. The van der Waals surface area contributed by atoms with E-state index in [4.69, 9.17) is 16.3 Å². The van der Waals surface area contributed by atoms with E-state index in [0.717, 1.165) is 35.3 Å². The number of amides is 4. The van der Waals surface area contributed by atoms with Crippen LogP contribution in [0.2, 0.25) is 5.02 Å². The average Bonchev–Trinajstić information content (AvgIpc) is 2.99. The second-order valence-corrected chi connectivity index (χ2v) is 10.6. The van der Waals surface area contributed by atoms with Gasteiger partial charge in [0.2, 0.25) is 0 Å². The van der Waals surface area contributed by atoms with Gasteiger partial charge in [-0.2, -0.15) is 0 Å². The van der Waals surface area contributed by atoms with Gasteiger partial charge < -0.3 is 15.4 Å². The normalized spacial score (nSPS) is 22.6. The van der Waals surface area contributed by atoms with Gasteiger partial charge in [-0.15, -0.1) is 0 Å². The molecular weight excluding hydrogens is 458 g/mol. The van der Waals surface area contributed by atoms with Gasteiger partial charge in [-0.3, -0.25) is 19.3 Å². The standard InChI is InChI=1S/C25H34ClN3O5/c1-6-24(4,5)17-7-9-25(10-8-17)22(32)29(23(33)28-25)13-20(31)34-14-19(30)27-21-16(3)11-15(2)12-18(21)26/h11-12,17H,6-10,13-14H2,1-5H3,(H,27,30)(H,28,33). The summed E-state index contributed by atoms with van der Waals surface area (Å²) >= 11 is 6.19. The predicted octanol–water partition coefficient (Wildman–Crippen LogP) is 4.36. The first-order chi connectivity index (χ1) is 15.9. The number of ether oxygens (including phenoxy) is 1. The van der Waals surface area contributed by atoms with Crippen molar-refractivity contribution >= 4 is 41.1 Å². The minimum atomic E-state index is -0.950. The average molecular weight is 492 g/mol. The molecule has 0 unspecified atom stereocenters. The highest BCUT2D eigenvalue weighted by molar-refractivity contribution is 6.34. The highest BCUT2D eigenvalue weighted by Crippen LogP contribution is 2.45. The molecule has 1 heterocycles. The van der Waals surface area contributed by atoms with Crippen molar-refractivity contribution in [3.8, 4) is 0 Å². The minimum Gasteiger partial charge on any atom is -0.454 e. The molecule has 0 radical (unpaired) electrons. The molecule has 8 nitrogen and oxygen atoms in total. The van der Waals surface area contributed by atoms with Crippen molar-refractivity contribution in [2.75, 3.05) is 18.5 Å². The molecule has 1 aromatic rings. The first-order valence-corrected chi connectivity index (χ1v) is 12.1. The number of halogens is 1. The van der Waals surface area contributed by atoms with Crippen LogP contribution in [0.3, 0.4) is 0 Å². The van der Waals surface area contributed by atoms with E-state index >= 15 is 0 Å². The lowest BCUT2D eigenvalue weighted by molar-refractivity contribution is -0.150. The number of esters is 1. The fourth-order valence-corrected chi connectivity index (χ4v) is 5.28. The van der Waals surface area contributed by atoms with E-state index in [-0.39, 0.29) is 5.41 Å². The van der Waals surface area contributed by atoms with Crippen LogP contribution in [0, 0.1) is 25.2 Å². The zero-order valence-corrected chi connectivity index (χ0v) is 21.3. The second-order valence-electron chi connectivity index (χ2n) is 10.2. The lowest BCUT2D eigenvalue weighted by atomic mass is 9.65. The molecule has 34 heavy (non-hydrogen) atoms. The molecular formula is C25H34ClN3O5. The van der Waals surface area contributed by atoms with Gasteiger partial charge in [0, 0.05) is 0 Å². The SMILES string of the molecule is CCC(C)(C)C1CCC2(CC1)NC(=O)N(CC(=O)OCC(=O)Nc1c(C)cc(C)cc1Cl)C2=O. The highest BCUT2D eigenvalue weighted by atomic mass is 35.5. The van der Waals surface area contributed by atoms with E-state index in [9.17, 15) is 19.2 Å². The topological polar surface area (TPSA) is 105 Å². The summed E-state index contributed by atoms with van der Waals surface area (Å²) in [5.74, 6) is -1.30. The number of urea groups is 1. The van der Waals surface area contributed by atoms with Crippen molar-refractivity contribution in [2.24, 2.45) is 11.3 Å². The number of anilines is 1. The molecule has 1 aromatic carbocycles. The predicted molar refractivity (Wildman–Crippen MR) is 130 cm³/mol. The second kappa shape index (κ2) is 9.94. The molecule has 1 saturated heterocycles. The van der Waals surface area contributed by atoms with Crippen molar-refractivity contribution in [3.05, 3.63) is 28.3 Å². The summed E-state index contributed by atoms with van der Waals surface area (Å²) in [7, 11) is 0. The van der Waals surface area contributed by atoms with Crippen LogP contribution in [-0.2, 0) is 19.1 Å². The summed E-state index contributed by atoms with van der Waals surface area (Å²) in [4.78, 5) is 51.0. The van der Waals surface area contributed by atoms with Crippen molar-refractivity contribution in [3.63, 3.8) is 0 Å². The van der Waals surface area contributed by atoms with Crippen molar-refractivity contribution in [1.29, 1.82) is 0 Å². The molecule has 3 rings (SSSR count). The van der Waals surface area contributed by atoms with E-state index in [2.05, 4.69) is 31.4 Å². The van der Waals surface area contributed by atoms with Crippen molar-refractivity contribution < 1.29 is 23.9 Å². The maximum Gasteiger partial charge on any atom is 0.326 e. The third-order valence-electron chi connectivity index (χ3n) is 7.45. The molecule has 2 N–H and O–H groups in total. The number of nitrogens with one attached hydrogen (secondary N) is 2. The molecule has 4 amide bonds. The van der Waals surface area contributed by atoms with E-state index in [1.54, 1.807) is 6.07 Å². The van der Waals surface area contributed by atoms with Gasteiger partial charge in [0.25, 0.3) is 11.8 Å². The quantitative estimate of drug-likeness (QED) is 0.435. The van der Waals surface area contributed by atoms with Gasteiger partial charge in [-0.25, -0.2) is 4.79 Å². The van der Waals surface area contributed by atoms with Crippen LogP contribution in [0.1, 0.15) is 64.0 Å². The zero-order chi connectivity index (χ0) is 25.3. The third-order valence-corrected chi connectivity index (χ3v) is 7.75. The number of hydrogen-bond donors (Lipinski definition) is 2. The van der Waals surface area contributed by atoms with Crippen LogP contribution in [0.25, 0.3) is 0 Å². The number of nitrogens with zero attached hydrogens (tertiary/aromatic N) is 1. The summed E-state index contributed by atoms with van der Waals surface area (Å²) in [6.07, 6.45) is 3.83. The van der Waals surface area contributed by atoms with Gasteiger partial charge in [-0.05, 0) is 68.1 Å². The van der Waals surface area contributed by atoms with E-state index < -0.39 is 42.5 Å². The Kier molecular flexibility index (Phi) is 7.60. The lowest BCUT2D eigenvalue weighted by Gasteiger charge is -2.42. The fraction of sp³-hybridized carbons (Fsp3) is 0.600. The van der Waals surface area contributed by atoms with Crippen LogP contribution < -0.4 is 10.6 Å². The van der Waals surface area contributed by atoms with E-state index in [1.165, 1.54) is 0 Å². The van der Waals surface area contributed by atoms with E-state index in [0.29, 0.717) is 29.5 Å². The molecule has 2 aliphatic rings. The van der Waals surface area contributed by atoms with Gasteiger partial charge in [0.1, 0.15) is 12.1 Å². The van der Waals surface area contributed by atoms with Crippen molar-refractivity contribution in [1.82, 2.24) is 10.2 Å². The number of carbonyl (C=O) groups excluding carboxylic acids is 4. The maximum absolute atomic E-state index is 13.1. The Labute approximate surface area is 205 Å². The van der Waals surface area contributed by atoms with Crippen LogP contribution in [-0.4, -0.2) is 47.4 Å². The zero-order valence-electron chi connectivity index (χ0n) is 20.5. The number of benzene rings is 1. The Balaban J connectivity index is 1.53. The smallest absolute Gasteiger partial charge is 0.326 e. The molecule has 0 aromatic heterocycles. The van der Waals surface area contributed by atoms with Gasteiger partial charge >= 0.3 is 12.0 Å². The number of hydrogen-bond acceptors (Lipinski definition) is 5. The number of imide groups is 1. The molecule has 1 aliphatic heterocycles. The Morgan fingerprint density at radius 1 is 1.24 bits per heavy atom. The van der Waals surface area contributed by atoms with Crippen LogP contribution in [0.5, 0.6) is 0 Å². The summed E-state index contributed by atoms with van der Waals surface area (Å²) in [5.41, 5.74) is 1.42. The summed E-state index contributed by atoms with van der Waals surface area (Å²) in [6.45, 7) is 9.25. The number of aryl methyl sites for hydroxylation is 2. The Morgan fingerprint density at radius 3 is 2.47 bits per heavy atom. The molecule has 0 atom stereocenters. The molecule has 9 heteroatoms. The van der Waals surface area contributed by atoms with Crippen molar-refractivity contribution in [2.45, 2.75) is 72.3 Å². The van der Waals surface area contributed by atoms with Crippen LogP contribution in [0.15, 0.2) is 12.1 Å².